The average Bonchev–Trinajstić information content (AvgIpc) is 2.95. The van der Waals surface area contributed by atoms with Crippen molar-refractivity contribution in [2.75, 3.05) is 0 Å². The minimum atomic E-state index is -0.573. The van der Waals surface area contributed by atoms with Gasteiger partial charge in [-0.2, -0.15) is 4.98 Å². The summed E-state index contributed by atoms with van der Waals surface area (Å²) in [5.74, 6) is 1.12. The van der Waals surface area contributed by atoms with Crippen molar-refractivity contribution in [3.63, 3.8) is 0 Å². The Balaban J connectivity index is 2.03. The maximum Gasteiger partial charge on any atom is 0.226 e. The van der Waals surface area contributed by atoms with Gasteiger partial charge in [0, 0.05) is 6.42 Å². The monoisotopic (exact) mass is 296 g/mol. The van der Waals surface area contributed by atoms with Crippen molar-refractivity contribution < 1.29 is 9.63 Å². The van der Waals surface area contributed by atoms with Crippen LogP contribution in [0, 0.1) is 0 Å². The molecule has 0 aromatic carbocycles. The van der Waals surface area contributed by atoms with Gasteiger partial charge in [0.2, 0.25) is 5.89 Å². The fourth-order valence-electron chi connectivity index (χ4n) is 2.49. The summed E-state index contributed by atoms with van der Waals surface area (Å²) in [5, 5.41) is 13.6. The van der Waals surface area contributed by atoms with E-state index in [4.69, 9.17) is 4.52 Å². The van der Waals surface area contributed by atoms with Crippen molar-refractivity contribution in [1.82, 2.24) is 10.1 Å². The van der Waals surface area contributed by atoms with E-state index in [9.17, 15) is 5.11 Å². The van der Waals surface area contributed by atoms with Gasteiger partial charge in [-0.25, -0.2) is 0 Å². The van der Waals surface area contributed by atoms with Crippen LogP contribution in [-0.2, 0) is 6.42 Å². The summed E-state index contributed by atoms with van der Waals surface area (Å²) < 4.78 is 5.18. The molecule has 0 aliphatic rings. The molecule has 0 fully saturated rings. The Labute approximate surface area is 129 Å². The number of hydrogen-bond acceptors (Lipinski definition) is 4. The minimum Gasteiger partial charge on any atom is -0.385 e. The molecule has 0 aliphatic carbocycles. The lowest BCUT2D eigenvalue weighted by atomic mass is 10.1. The molecule has 0 aliphatic heterocycles. The summed E-state index contributed by atoms with van der Waals surface area (Å²) in [4.78, 5) is 4.27. The van der Waals surface area contributed by atoms with Crippen LogP contribution >= 0.6 is 0 Å². The third-order valence-electron chi connectivity index (χ3n) is 3.84. The van der Waals surface area contributed by atoms with E-state index in [1.54, 1.807) is 0 Å². The molecule has 1 rings (SSSR count). The molecule has 1 N–H and O–H groups in total. The molecule has 1 heterocycles. The zero-order valence-corrected chi connectivity index (χ0v) is 13.8. The molecule has 0 amide bonds. The second kappa shape index (κ2) is 11.7. The van der Waals surface area contributed by atoms with Crippen molar-refractivity contribution in [3.8, 4) is 0 Å². The highest BCUT2D eigenvalue weighted by Gasteiger charge is 2.14. The largest absolute Gasteiger partial charge is 0.385 e. The lowest BCUT2D eigenvalue weighted by Crippen LogP contribution is -1.99. The molecule has 0 spiro atoms. The van der Waals surface area contributed by atoms with Gasteiger partial charge in [-0.3, -0.25) is 0 Å². The summed E-state index contributed by atoms with van der Waals surface area (Å²) in [6.45, 7) is 4.29. The van der Waals surface area contributed by atoms with E-state index in [0.717, 1.165) is 19.3 Å². The van der Waals surface area contributed by atoms with Gasteiger partial charge in [0.25, 0.3) is 0 Å². The summed E-state index contributed by atoms with van der Waals surface area (Å²) >= 11 is 0. The van der Waals surface area contributed by atoms with Gasteiger partial charge < -0.3 is 9.63 Å². The summed E-state index contributed by atoms with van der Waals surface area (Å²) in [6, 6.07) is 0. The highest BCUT2D eigenvalue weighted by molar-refractivity contribution is 4.90. The topological polar surface area (TPSA) is 59.2 Å². The van der Waals surface area contributed by atoms with Crippen molar-refractivity contribution in [2.45, 2.75) is 97.0 Å². The third kappa shape index (κ3) is 8.20. The van der Waals surface area contributed by atoms with Crippen molar-refractivity contribution in [2.24, 2.45) is 0 Å². The first-order valence-corrected chi connectivity index (χ1v) is 8.78. The van der Waals surface area contributed by atoms with Gasteiger partial charge in [-0.1, -0.05) is 76.8 Å². The molecule has 1 atom stereocenters. The first kappa shape index (κ1) is 18.1. The van der Waals surface area contributed by atoms with Crippen LogP contribution in [-0.4, -0.2) is 15.2 Å². The molecule has 1 aromatic heterocycles. The lowest BCUT2D eigenvalue weighted by molar-refractivity contribution is 0.152. The number of aliphatic hydroxyl groups is 1. The van der Waals surface area contributed by atoms with E-state index in [-0.39, 0.29) is 0 Å². The van der Waals surface area contributed by atoms with Crippen LogP contribution in [0.3, 0.4) is 0 Å². The Morgan fingerprint density at radius 1 is 0.905 bits per heavy atom. The van der Waals surface area contributed by atoms with Crippen LogP contribution < -0.4 is 0 Å². The highest BCUT2D eigenvalue weighted by atomic mass is 16.5. The normalized spacial score (nSPS) is 12.7. The first-order chi connectivity index (χ1) is 10.3. The predicted molar refractivity (Wildman–Crippen MR) is 85.1 cm³/mol. The van der Waals surface area contributed by atoms with Crippen LogP contribution in [0.4, 0.5) is 0 Å². The molecule has 0 radical (unpaired) electrons. The number of unbranched alkanes of at least 4 members (excludes halogenated alkanes) is 8. The fourth-order valence-corrected chi connectivity index (χ4v) is 2.49. The second-order valence-electron chi connectivity index (χ2n) is 5.93. The second-order valence-corrected chi connectivity index (χ2v) is 5.93. The Morgan fingerprint density at radius 3 is 2.14 bits per heavy atom. The van der Waals surface area contributed by atoms with E-state index in [2.05, 4.69) is 17.1 Å². The number of rotatable bonds is 13. The van der Waals surface area contributed by atoms with Crippen LogP contribution in [0.15, 0.2) is 4.52 Å². The number of nitrogens with zero attached hydrogens (tertiary/aromatic N) is 2. The summed E-state index contributed by atoms with van der Waals surface area (Å²) in [5.41, 5.74) is 0. The maximum atomic E-state index is 9.78. The quantitative estimate of drug-likeness (QED) is 0.522. The molecule has 1 unspecified atom stereocenters. The third-order valence-corrected chi connectivity index (χ3v) is 3.84. The number of aryl methyl sites for hydroxylation is 1. The Hall–Kier alpha value is -0.900. The molecule has 21 heavy (non-hydrogen) atoms. The van der Waals surface area contributed by atoms with Crippen LogP contribution in [0.5, 0.6) is 0 Å². The van der Waals surface area contributed by atoms with E-state index in [1.807, 2.05) is 6.92 Å². The van der Waals surface area contributed by atoms with Gasteiger partial charge in [0.15, 0.2) is 5.82 Å². The molecular weight excluding hydrogens is 264 g/mol. The van der Waals surface area contributed by atoms with E-state index >= 15 is 0 Å². The maximum absolute atomic E-state index is 9.78. The Morgan fingerprint density at radius 2 is 1.52 bits per heavy atom. The molecule has 122 valence electrons. The van der Waals surface area contributed by atoms with E-state index < -0.39 is 6.10 Å². The van der Waals surface area contributed by atoms with Gasteiger partial charge in [0.1, 0.15) is 6.10 Å². The molecule has 0 saturated carbocycles. The Kier molecular flexibility index (Phi) is 10.1. The van der Waals surface area contributed by atoms with Crippen molar-refractivity contribution >= 4 is 0 Å². The minimum absolute atomic E-state index is 0.447. The lowest BCUT2D eigenvalue weighted by Gasteiger charge is -2.01. The van der Waals surface area contributed by atoms with Crippen LogP contribution in [0.1, 0.15) is 102 Å². The summed E-state index contributed by atoms with van der Waals surface area (Å²) in [6.07, 6.45) is 13.7. The van der Waals surface area contributed by atoms with E-state index in [0.29, 0.717) is 18.1 Å². The number of aliphatic hydroxyl groups excluding tert-OH is 1. The van der Waals surface area contributed by atoms with Gasteiger partial charge in [-0.05, 0) is 12.8 Å². The molecule has 0 saturated heterocycles. The Bertz CT molecular complexity index is 352. The molecule has 1 aromatic rings. The standard InChI is InChI=1S/C17H32N2O2/c1-3-5-6-7-8-9-10-11-12-14-16-18-17(19-21-16)15(20)13-4-2/h15,20H,3-14H2,1-2H3. The molecule has 4 heteroatoms. The fraction of sp³-hybridized carbons (Fsp3) is 0.882. The summed E-state index contributed by atoms with van der Waals surface area (Å²) in [7, 11) is 0. The zero-order chi connectivity index (χ0) is 15.3. The number of aromatic nitrogens is 2. The van der Waals surface area contributed by atoms with E-state index in [1.165, 1.54) is 51.4 Å². The molecular formula is C17H32N2O2. The van der Waals surface area contributed by atoms with Crippen molar-refractivity contribution in [3.05, 3.63) is 11.7 Å². The smallest absolute Gasteiger partial charge is 0.226 e. The average molecular weight is 296 g/mol. The van der Waals surface area contributed by atoms with Crippen LogP contribution in [0.2, 0.25) is 0 Å². The molecule has 4 nitrogen and oxygen atoms in total. The zero-order valence-electron chi connectivity index (χ0n) is 13.8. The predicted octanol–water partition coefficient (Wildman–Crippen LogP) is 4.98. The highest BCUT2D eigenvalue weighted by Crippen LogP contribution is 2.16. The first-order valence-electron chi connectivity index (χ1n) is 8.78. The van der Waals surface area contributed by atoms with Gasteiger partial charge >= 0.3 is 0 Å². The van der Waals surface area contributed by atoms with Crippen molar-refractivity contribution in [1.29, 1.82) is 0 Å². The van der Waals surface area contributed by atoms with Gasteiger partial charge in [-0.15, -0.1) is 0 Å². The molecule has 0 bridgehead atoms. The van der Waals surface area contributed by atoms with Gasteiger partial charge in [0.05, 0.1) is 0 Å². The number of hydrogen-bond donors (Lipinski definition) is 1. The van der Waals surface area contributed by atoms with Crippen LogP contribution in [0.25, 0.3) is 0 Å². The SMILES string of the molecule is CCCCCCCCCCCc1nc(C(O)CCC)no1.